The summed E-state index contributed by atoms with van der Waals surface area (Å²) in [6.07, 6.45) is 4.30. The zero-order valence-corrected chi connectivity index (χ0v) is 20.4. The number of carboxylic acids is 1. The minimum atomic E-state index is -1.06. The Morgan fingerprint density at radius 2 is 1.53 bits per heavy atom. The van der Waals surface area contributed by atoms with Gasteiger partial charge < -0.3 is 29.9 Å². The van der Waals surface area contributed by atoms with Crippen LogP contribution < -0.4 is 14.8 Å². The highest BCUT2D eigenvalue weighted by molar-refractivity contribution is 5.74. The molecule has 1 aliphatic rings. The summed E-state index contributed by atoms with van der Waals surface area (Å²) in [4.78, 5) is 13.5. The van der Waals surface area contributed by atoms with Crippen LogP contribution in [0.3, 0.4) is 0 Å². The van der Waals surface area contributed by atoms with Crippen molar-refractivity contribution < 1.29 is 24.5 Å². The molecule has 3 N–H and O–H groups in total. The Morgan fingerprint density at radius 1 is 0.971 bits per heavy atom. The highest BCUT2D eigenvalue weighted by atomic mass is 16.5. The van der Waals surface area contributed by atoms with Crippen molar-refractivity contribution in [1.82, 2.24) is 10.2 Å². The molecule has 2 aromatic rings. The van der Waals surface area contributed by atoms with E-state index in [1.807, 2.05) is 24.3 Å². The predicted molar refractivity (Wildman–Crippen MR) is 134 cm³/mol. The molecule has 0 saturated carbocycles. The fraction of sp³-hybridized carbons (Fsp3) is 0.519. The van der Waals surface area contributed by atoms with Gasteiger partial charge in [0.15, 0.2) is 0 Å². The number of hydrogen-bond acceptors (Lipinski definition) is 6. The zero-order valence-electron chi connectivity index (χ0n) is 20.4. The van der Waals surface area contributed by atoms with E-state index in [-0.39, 0.29) is 0 Å². The van der Waals surface area contributed by atoms with Crippen molar-refractivity contribution in [2.75, 3.05) is 46.0 Å². The van der Waals surface area contributed by atoms with Gasteiger partial charge in [0.05, 0.1) is 19.8 Å². The van der Waals surface area contributed by atoms with E-state index in [0.29, 0.717) is 19.6 Å². The number of benzene rings is 2. The van der Waals surface area contributed by atoms with Crippen LogP contribution >= 0.6 is 0 Å². The lowest BCUT2D eigenvalue weighted by molar-refractivity contribution is -0.140. The van der Waals surface area contributed by atoms with Crippen LogP contribution in [0.5, 0.6) is 11.5 Å². The fourth-order valence-electron chi connectivity index (χ4n) is 4.36. The Bertz CT molecular complexity index is 927. The van der Waals surface area contributed by atoms with E-state index in [1.54, 1.807) is 0 Å². The molecule has 0 spiro atoms. The van der Waals surface area contributed by atoms with Gasteiger partial charge in [0.2, 0.25) is 0 Å². The summed E-state index contributed by atoms with van der Waals surface area (Å²) in [5.41, 5.74) is 4.43. The normalized spacial score (nSPS) is 14.8. The van der Waals surface area contributed by atoms with Crippen LogP contribution in [0.25, 0.3) is 11.1 Å². The van der Waals surface area contributed by atoms with Crippen LogP contribution in [0.4, 0.5) is 0 Å². The smallest absolute Gasteiger partial charge is 0.323 e. The molecule has 34 heavy (non-hydrogen) atoms. The maximum absolute atomic E-state index is 10.9. The number of carbonyl (C=O) groups is 1. The second kappa shape index (κ2) is 13.3. The van der Waals surface area contributed by atoms with Gasteiger partial charge in [0.25, 0.3) is 0 Å². The standard InChI is InChI=1S/C27H38N2O5/c1-20-22(9-5-11-25(20)33-17-7-13-28-24(19-30)27(31)32)23-10-6-12-26(21(23)2)34-18-8-16-29-14-3-4-15-29/h5-6,9-12,24,28,30H,3-4,7-8,13-19H2,1-2H3,(H,31,32). The molecule has 186 valence electrons. The van der Waals surface area contributed by atoms with Gasteiger partial charge in [-0.3, -0.25) is 4.79 Å². The van der Waals surface area contributed by atoms with Crippen LogP contribution in [0.2, 0.25) is 0 Å². The third kappa shape index (κ3) is 7.19. The zero-order chi connectivity index (χ0) is 24.3. The third-order valence-electron chi connectivity index (χ3n) is 6.38. The Hall–Kier alpha value is -2.61. The van der Waals surface area contributed by atoms with Crippen LogP contribution in [0.1, 0.15) is 36.8 Å². The summed E-state index contributed by atoms with van der Waals surface area (Å²) in [5, 5.41) is 20.8. The molecule has 0 amide bonds. The number of aliphatic hydroxyl groups excluding tert-OH is 1. The van der Waals surface area contributed by atoms with Gasteiger partial charge >= 0.3 is 5.97 Å². The van der Waals surface area contributed by atoms with E-state index in [4.69, 9.17) is 19.7 Å². The van der Waals surface area contributed by atoms with Gasteiger partial charge in [-0.2, -0.15) is 0 Å². The molecule has 1 aliphatic heterocycles. The first kappa shape index (κ1) is 26.0. The van der Waals surface area contributed by atoms with E-state index < -0.39 is 18.6 Å². The number of aliphatic hydroxyl groups is 1. The molecule has 1 fully saturated rings. The Balaban J connectivity index is 1.56. The number of likely N-dealkylation sites (tertiary alicyclic amines) is 1. The Labute approximate surface area is 202 Å². The van der Waals surface area contributed by atoms with Gasteiger partial charge in [0.1, 0.15) is 17.5 Å². The van der Waals surface area contributed by atoms with Crippen molar-refractivity contribution in [3.8, 4) is 22.6 Å². The summed E-state index contributed by atoms with van der Waals surface area (Å²) >= 11 is 0. The first-order valence-corrected chi connectivity index (χ1v) is 12.3. The summed E-state index contributed by atoms with van der Waals surface area (Å²) in [6, 6.07) is 11.3. The van der Waals surface area contributed by atoms with Gasteiger partial charge in [-0.25, -0.2) is 0 Å². The lowest BCUT2D eigenvalue weighted by atomic mass is 9.95. The SMILES string of the molecule is Cc1c(OCCCNC(CO)C(=O)O)cccc1-c1cccc(OCCCN2CCCC2)c1C. The number of nitrogens with one attached hydrogen (secondary N) is 1. The van der Waals surface area contributed by atoms with Gasteiger partial charge in [-0.1, -0.05) is 24.3 Å². The average molecular weight is 471 g/mol. The van der Waals surface area contributed by atoms with Crippen molar-refractivity contribution in [3.05, 3.63) is 47.5 Å². The molecule has 0 radical (unpaired) electrons. The lowest BCUT2D eigenvalue weighted by Crippen LogP contribution is -2.40. The van der Waals surface area contributed by atoms with Gasteiger partial charge in [-0.05, 0) is 93.6 Å². The van der Waals surface area contributed by atoms with Crippen LogP contribution in [0, 0.1) is 13.8 Å². The highest BCUT2D eigenvalue weighted by Gasteiger charge is 2.15. The van der Waals surface area contributed by atoms with E-state index in [9.17, 15) is 4.79 Å². The second-order valence-corrected chi connectivity index (χ2v) is 8.84. The van der Waals surface area contributed by atoms with Gasteiger partial charge in [0, 0.05) is 6.54 Å². The highest BCUT2D eigenvalue weighted by Crippen LogP contribution is 2.35. The number of nitrogens with zero attached hydrogens (tertiary/aromatic N) is 1. The number of rotatable bonds is 14. The maximum atomic E-state index is 10.9. The molecule has 1 unspecified atom stereocenters. The van der Waals surface area contributed by atoms with Crippen LogP contribution in [-0.4, -0.2) is 73.1 Å². The minimum absolute atomic E-state index is 0.433. The van der Waals surface area contributed by atoms with Gasteiger partial charge in [-0.15, -0.1) is 0 Å². The van der Waals surface area contributed by atoms with E-state index >= 15 is 0 Å². The van der Waals surface area contributed by atoms with Crippen molar-refractivity contribution >= 4 is 5.97 Å². The third-order valence-corrected chi connectivity index (χ3v) is 6.38. The summed E-state index contributed by atoms with van der Waals surface area (Å²) < 4.78 is 12.1. The van der Waals surface area contributed by atoms with E-state index in [1.165, 1.54) is 25.9 Å². The number of aliphatic carboxylic acids is 1. The van der Waals surface area contributed by atoms with Crippen molar-refractivity contribution in [1.29, 1.82) is 0 Å². The first-order chi connectivity index (χ1) is 16.5. The molecule has 7 heteroatoms. The summed E-state index contributed by atoms with van der Waals surface area (Å²) in [6.45, 7) is 8.88. The van der Waals surface area contributed by atoms with Crippen molar-refractivity contribution in [2.45, 2.75) is 45.6 Å². The van der Waals surface area contributed by atoms with Crippen molar-refractivity contribution in [2.24, 2.45) is 0 Å². The summed E-state index contributed by atoms with van der Waals surface area (Å²) in [7, 11) is 0. The number of ether oxygens (including phenoxy) is 2. The van der Waals surface area contributed by atoms with E-state index in [2.05, 4.69) is 36.2 Å². The Morgan fingerprint density at radius 3 is 2.06 bits per heavy atom. The number of hydrogen-bond donors (Lipinski definition) is 3. The first-order valence-electron chi connectivity index (χ1n) is 12.3. The molecular weight excluding hydrogens is 432 g/mol. The maximum Gasteiger partial charge on any atom is 0.323 e. The predicted octanol–water partition coefficient (Wildman–Crippen LogP) is 3.64. The summed E-state index contributed by atoms with van der Waals surface area (Å²) in [5.74, 6) is 0.679. The molecule has 2 aromatic carbocycles. The monoisotopic (exact) mass is 470 g/mol. The molecular formula is C27H38N2O5. The average Bonchev–Trinajstić information content (AvgIpc) is 3.34. The van der Waals surface area contributed by atoms with Crippen LogP contribution in [0.15, 0.2) is 36.4 Å². The molecule has 7 nitrogen and oxygen atoms in total. The van der Waals surface area contributed by atoms with E-state index in [0.717, 1.165) is 53.3 Å². The molecule has 1 saturated heterocycles. The molecule has 0 aromatic heterocycles. The lowest BCUT2D eigenvalue weighted by Gasteiger charge is -2.18. The van der Waals surface area contributed by atoms with Crippen molar-refractivity contribution in [3.63, 3.8) is 0 Å². The second-order valence-electron chi connectivity index (χ2n) is 8.84. The Kier molecular flexibility index (Phi) is 10.2. The minimum Gasteiger partial charge on any atom is -0.493 e. The largest absolute Gasteiger partial charge is 0.493 e. The molecule has 0 aliphatic carbocycles. The molecule has 1 heterocycles. The van der Waals surface area contributed by atoms with Crippen LogP contribution in [-0.2, 0) is 4.79 Å². The fourth-order valence-corrected chi connectivity index (χ4v) is 4.36. The molecule has 1 atom stereocenters. The topological polar surface area (TPSA) is 91.3 Å². The molecule has 3 rings (SSSR count). The molecule has 0 bridgehead atoms. The number of carboxylic acid groups (broad SMARTS) is 1. The quantitative estimate of drug-likeness (QED) is 0.363.